The predicted molar refractivity (Wildman–Crippen MR) is 98.6 cm³/mol. The topological polar surface area (TPSA) is 67.6 Å². The van der Waals surface area contributed by atoms with E-state index in [1.54, 1.807) is 0 Å². The van der Waals surface area contributed by atoms with Crippen LogP contribution in [-0.2, 0) is 9.53 Å². The number of ether oxygens (including phenoxy) is 1. The van der Waals surface area contributed by atoms with Crippen LogP contribution in [-0.4, -0.2) is 56.7 Å². The summed E-state index contributed by atoms with van der Waals surface area (Å²) >= 11 is 0. The zero-order chi connectivity index (χ0) is 15.0. The van der Waals surface area contributed by atoms with E-state index in [9.17, 15) is 4.79 Å². The van der Waals surface area contributed by atoms with E-state index in [1.807, 2.05) is 0 Å². The number of hydrogen-bond acceptors (Lipinski definition) is 4. The number of carbonyl (C=O) groups excluding carboxylic acids is 1. The number of amides is 1. The maximum absolute atomic E-state index is 12.1. The molecule has 2 aliphatic rings. The third kappa shape index (κ3) is 8.03. The van der Waals surface area contributed by atoms with E-state index in [0.29, 0.717) is 13.0 Å². The number of nitrogens with one attached hydrogen (secondary N) is 1. The van der Waals surface area contributed by atoms with E-state index in [1.165, 1.54) is 19.3 Å². The molecule has 1 heterocycles. The SMILES string of the molecule is Cl.Cl.NCC1(CC(=O)NCCCN2CCOCC2)CCCCC1. The van der Waals surface area contributed by atoms with E-state index in [4.69, 9.17) is 10.5 Å². The summed E-state index contributed by atoms with van der Waals surface area (Å²) in [5.74, 6) is 0.185. The first-order valence-electron chi connectivity index (χ1n) is 8.51. The normalized spacial score (nSPS) is 20.9. The molecule has 7 heteroatoms. The van der Waals surface area contributed by atoms with Crippen molar-refractivity contribution in [1.82, 2.24) is 10.2 Å². The van der Waals surface area contributed by atoms with Crippen molar-refractivity contribution >= 4 is 30.7 Å². The van der Waals surface area contributed by atoms with Gasteiger partial charge in [0.05, 0.1) is 13.2 Å². The number of morpholine rings is 1. The van der Waals surface area contributed by atoms with Crippen LogP contribution in [0.1, 0.15) is 44.9 Å². The summed E-state index contributed by atoms with van der Waals surface area (Å²) in [6.45, 7) is 6.18. The summed E-state index contributed by atoms with van der Waals surface area (Å²) in [5, 5.41) is 3.08. The molecule has 3 N–H and O–H groups in total. The smallest absolute Gasteiger partial charge is 0.220 e. The highest BCUT2D eigenvalue weighted by atomic mass is 35.5. The number of rotatable bonds is 7. The minimum Gasteiger partial charge on any atom is -0.379 e. The molecule has 1 saturated heterocycles. The van der Waals surface area contributed by atoms with E-state index < -0.39 is 0 Å². The lowest BCUT2D eigenvalue weighted by Gasteiger charge is -2.35. The minimum absolute atomic E-state index is 0. The van der Waals surface area contributed by atoms with Crippen LogP contribution in [0.4, 0.5) is 0 Å². The molecule has 0 aromatic rings. The van der Waals surface area contributed by atoms with Gasteiger partial charge in [0.15, 0.2) is 0 Å². The summed E-state index contributed by atoms with van der Waals surface area (Å²) in [5.41, 5.74) is 6.02. The molecule has 1 amide bonds. The number of nitrogens with zero attached hydrogens (tertiary/aromatic N) is 1. The Bertz CT molecular complexity index is 320. The van der Waals surface area contributed by atoms with Gasteiger partial charge in [0, 0.05) is 26.1 Å². The third-order valence-electron chi connectivity index (χ3n) is 4.96. The van der Waals surface area contributed by atoms with E-state index >= 15 is 0 Å². The minimum atomic E-state index is 0. The van der Waals surface area contributed by atoms with Crippen molar-refractivity contribution in [2.24, 2.45) is 11.1 Å². The first kappa shape index (κ1) is 22.9. The van der Waals surface area contributed by atoms with Gasteiger partial charge in [0.1, 0.15) is 0 Å². The van der Waals surface area contributed by atoms with Crippen LogP contribution in [0.15, 0.2) is 0 Å². The predicted octanol–water partition coefficient (Wildman–Crippen LogP) is 1.97. The highest BCUT2D eigenvalue weighted by Gasteiger charge is 2.32. The van der Waals surface area contributed by atoms with Gasteiger partial charge in [-0.1, -0.05) is 19.3 Å². The Morgan fingerprint density at radius 1 is 1.13 bits per heavy atom. The van der Waals surface area contributed by atoms with Gasteiger partial charge in [-0.3, -0.25) is 9.69 Å². The molecule has 5 nitrogen and oxygen atoms in total. The first-order chi connectivity index (χ1) is 10.2. The third-order valence-corrected chi connectivity index (χ3v) is 4.96. The Hall–Kier alpha value is -0.0700. The molecule has 0 aromatic heterocycles. The molecule has 23 heavy (non-hydrogen) atoms. The summed E-state index contributed by atoms with van der Waals surface area (Å²) < 4.78 is 5.33. The molecule has 2 fully saturated rings. The van der Waals surface area contributed by atoms with Gasteiger partial charge in [-0.2, -0.15) is 0 Å². The molecule has 1 aliphatic heterocycles. The Balaban J connectivity index is 0.00000242. The Kier molecular flexibility index (Phi) is 12.3. The second-order valence-corrected chi connectivity index (χ2v) is 6.60. The molecule has 138 valence electrons. The van der Waals surface area contributed by atoms with E-state index in [0.717, 1.165) is 58.7 Å². The van der Waals surface area contributed by atoms with Crippen LogP contribution in [0.5, 0.6) is 0 Å². The highest BCUT2D eigenvalue weighted by Crippen LogP contribution is 2.38. The fraction of sp³-hybridized carbons (Fsp3) is 0.938. The van der Waals surface area contributed by atoms with Crippen LogP contribution in [0, 0.1) is 5.41 Å². The fourth-order valence-corrected chi connectivity index (χ4v) is 3.51. The van der Waals surface area contributed by atoms with Gasteiger partial charge < -0.3 is 15.8 Å². The second kappa shape index (κ2) is 12.3. The lowest BCUT2D eigenvalue weighted by atomic mass is 9.71. The maximum Gasteiger partial charge on any atom is 0.220 e. The quantitative estimate of drug-likeness (QED) is 0.673. The molecule has 0 aromatic carbocycles. The van der Waals surface area contributed by atoms with Crippen molar-refractivity contribution in [3.05, 3.63) is 0 Å². The summed E-state index contributed by atoms with van der Waals surface area (Å²) in [7, 11) is 0. The van der Waals surface area contributed by atoms with Crippen molar-refractivity contribution in [1.29, 1.82) is 0 Å². The monoisotopic (exact) mass is 369 g/mol. The number of hydrogen-bond donors (Lipinski definition) is 2. The average Bonchev–Trinajstić information content (AvgIpc) is 2.53. The van der Waals surface area contributed by atoms with Crippen molar-refractivity contribution in [2.45, 2.75) is 44.9 Å². The van der Waals surface area contributed by atoms with Crippen LogP contribution in [0.25, 0.3) is 0 Å². The molecule has 0 radical (unpaired) electrons. The Morgan fingerprint density at radius 2 is 1.78 bits per heavy atom. The van der Waals surface area contributed by atoms with Crippen LogP contribution in [0.3, 0.4) is 0 Å². The van der Waals surface area contributed by atoms with E-state index in [-0.39, 0.29) is 36.1 Å². The first-order valence-corrected chi connectivity index (χ1v) is 8.51. The average molecular weight is 370 g/mol. The van der Waals surface area contributed by atoms with Crippen molar-refractivity contribution in [3.63, 3.8) is 0 Å². The largest absolute Gasteiger partial charge is 0.379 e. The lowest BCUT2D eigenvalue weighted by molar-refractivity contribution is -0.123. The number of carbonyl (C=O) groups is 1. The molecular weight excluding hydrogens is 337 g/mol. The zero-order valence-corrected chi connectivity index (χ0v) is 15.7. The second-order valence-electron chi connectivity index (χ2n) is 6.60. The summed E-state index contributed by atoms with van der Waals surface area (Å²) in [6.07, 6.45) is 7.60. The molecule has 2 rings (SSSR count). The van der Waals surface area contributed by atoms with Gasteiger partial charge in [-0.15, -0.1) is 24.8 Å². The van der Waals surface area contributed by atoms with Crippen molar-refractivity contribution in [2.75, 3.05) is 45.9 Å². The van der Waals surface area contributed by atoms with Crippen LogP contribution >= 0.6 is 24.8 Å². The highest BCUT2D eigenvalue weighted by molar-refractivity contribution is 5.85. The Labute approximate surface area is 152 Å². The number of nitrogens with two attached hydrogens (primary N) is 1. The van der Waals surface area contributed by atoms with Gasteiger partial charge in [-0.05, 0) is 37.8 Å². The molecule has 0 spiro atoms. The standard InChI is InChI=1S/C16H31N3O2.2ClH/c17-14-16(5-2-1-3-6-16)13-15(20)18-7-4-8-19-9-11-21-12-10-19;;/h1-14,17H2,(H,18,20);2*1H. The van der Waals surface area contributed by atoms with Gasteiger partial charge in [0.2, 0.25) is 5.91 Å². The molecule has 1 aliphatic carbocycles. The van der Waals surface area contributed by atoms with E-state index in [2.05, 4.69) is 10.2 Å². The lowest BCUT2D eigenvalue weighted by Crippen LogP contribution is -2.40. The zero-order valence-electron chi connectivity index (χ0n) is 14.1. The molecule has 0 bridgehead atoms. The van der Waals surface area contributed by atoms with Crippen molar-refractivity contribution < 1.29 is 9.53 Å². The molecule has 1 saturated carbocycles. The van der Waals surface area contributed by atoms with Crippen molar-refractivity contribution in [3.8, 4) is 0 Å². The number of halogens is 2. The molecule has 0 atom stereocenters. The van der Waals surface area contributed by atoms with Crippen LogP contribution in [0.2, 0.25) is 0 Å². The fourth-order valence-electron chi connectivity index (χ4n) is 3.51. The summed E-state index contributed by atoms with van der Waals surface area (Å²) in [4.78, 5) is 14.5. The molecule has 0 unspecified atom stereocenters. The Morgan fingerprint density at radius 3 is 2.39 bits per heavy atom. The maximum atomic E-state index is 12.1. The van der Waals surface area contributed by atoms with Gasteiger partial charge in [0.25, 0.3) is 0 Å². The summed E-state index contributed by atoms with van der Waals surface area (Å²) in [6, 6.07) is 0. The van der Waals surface area contributed by atoms with Gasteiger partial charge >= 0.3 is 0 Å². The molecular formula is C16H33Cl2N3O2. The van der Waals surface area contributed by atoms with Gasteiger partial charge in [-0.25, -0.2) is 0 Å². The van der Waals surface area contributed by atoms with Crippen LogP contribution < -0.4 is 11.1 Å².